The van der Waals surface area contributed by atoms with Gasteiger partial charge in [0.05, 0.1) is 17.5 Å². The first-order valence-electron chi connectivity index (χ1n) is 11.3. The van der Waals surface area contributed by atoms with Crippen LogP contribution in [0, 0.1) is 17.8 Å². The van der Waals surface area contributed by atoms with Crippen LogP contribution in [0.1, 0.15) is 43.8 Å². The van der Waals surface area contributed by atoms with Crippen LogP contribution in [-0.2, 0) is 11.3 Å². The second kappa shape index (κ2) is 8.51. The van der Waals surface area contributed by atoms with Crippen LogP contribution in [0.3, 0.4) is 0 Å². The van der Waals surface area contributed by atoms with E-state index in [1.807, 2.05) is 6.07 Å². The van der Waals surface area contributed by atoms with Gasteiger partial charge < -0.3 is 20.3 Å². The first-order valence-corrected chi connectivity index (χ1v) is 11.3. The highest BCUT2D eigenvalue weighted by molar-refractivity contribution is 5.80. The van der Waals surface area contributed by atoms with E-state index < -0.39 is 5.92 Å². The zero-order chi connectivity index (χ0) is 21.4. The van der Waals surface area contributed by atoms with Crippen molar-refractivity contribution in [3.05, 3.63) is 46.9 Å². The number of aliphatic hydroxyl groups is 1. The second-order valence-electron chi connectivity index (χ2n) is 9.09. The molecule has 1 saturated carbocycles. The van der Waals surface area contributed by atoms with E-state index in [0.717, 1.165) is 5.69 Å². The summed E-state index contributed by atoms with van der Waals surface area (Å²) in [6.45, 7) is 1.05. The quantitative estimate of drug-likeness (QED) is 0.668. The van der Waals surface area contributed by atoms with Gasteiger partial charge in [0.15, 0.2) is 0 Å². The molecule has 2 aliphatic heterocycles. The first kappa shape index (κ1) is 20.3. The first-order chi connectivity index (χ1) is 15.2. The lowest BCUT2D eigenvalue weighted by Gasteiger charge is -2.28. The third-order valence-corrected chi connectivity index (χ3v) is 7.31. The summed E-state index contributed by atoms with van der Waals surface area (Å²) < 4.78 is 1.76. The Bertz CT molecular complexity index is 1000. The van der Waals surface area contributed by atoms with Gasteiger partial charge in [0.1, 0.15) is 6.33 Å². The Kier molecular flexibility index (Phi) is 5.58. The van der Waals surface area contributed by atoms with Gasteiger partial charge in [-0.05, 0) is 30.9 Å². The Morgan fingerprint density at radius 3 is 2.71 bits per heavy atom. The van der Waals surface area contributed by atoms with Gasteiger partial charge in [-0.3, -0.25) is 9.59 Å². The van der Waals surface area contributed by atoms with E-state index >= 15 is 0 Å². The standard InChI is InChI=1S/C23H29N5O3/c29-12-17-18-11-28-19(7-6-16(23(28)31)15-9-24-13-25-10-15)21(27-18)20(17)22(30)26-8-14-4-2-1-3-5-14/h6-7,9-10,13-14,17-18,20-21,27,29H,1-5,8,11-12H2,(H,26,30)/t17-,18-,20+,21+/m1/s1. The molecule has 0 aromatic carbocycles. The number of amides is 1. The van der Waals surface area contributed by atoms with Crippen molar-refractivity contribution in [2.45, 2.75) is 50.7 Å². The predicted molar refractivity (Wildman–Crippen MR) is 115 cm³/mol. The number of nitrogens with zero attached hydrogens (tertiary/aromatic N) is 3. The summed E-state index contributed by atoms with van der Waals surface area (Å²) in [5.74, 6) is -0.0903. The summed E-state index contributed by atoms with van der Waals surface area (Å²) in [4.78, 5) is 34.5. The molecule has 0 unspecified atom stereocenters. The lowest BCUT2D eigenvalue weighted by molar-refractivity contribution is -0.127. The summed E-state index contributed by atoms with van der Waals surface area (Å²) in [5, 5.41) is 16.8. The van der Waals surface area contributed by atoms with Crippen molar-refractivity contribution in [2.24, 2.45) is 17.8 Å². The van der Waals surface area contributed by atoms with E-state index in [-0.39, 0.29) is 36.1 Å². The molecular weight excluding hydrogens is 394 g/mol. The zero-order valence-electron chi connectivity index (χ0n) is 17.5. The molecule has 4 atom stereocenters. The molecular formula is C23H29N5O3. The summed E-state index contributed by atoms with van der Waals surface area (Å²) >= 11 is 0. The molecule has 4 heterocycles. The predicted octanol–water partition coefficient (Wildman–Crippen LogP) is 1.25. The number of hydrogen-bond acceptors (Lipinski definition) is 6. The Morgan fingerprint density at radius 2 is 1.97 bits per heavy atom. The molecule has 2 aromatic rings. The molecule has 0 radical (unpaired) electrons. The number of pyridine rings is 1. The van der Waals surface area contributed by atoms with Crippen molar-refractivity contribution >= 4 is 5.91 Å². The lowest BCUT2D eigenvalue weighted by Crippen LogP contribution is -2.43. The van der Waals surface area contributed by atoms with Crippen molar-refractivity contribution in [2.75, 3.05) is 13.2 Å². The molecule has 2 aromatic heterocycles. The van der Waals surface area contributed by atoms with Crippen LogP contribution in [0.25, 0.3) is 11.1 Å². The molecule has 5 rings (SSSR count). The van der Waals surface area contributed by atoms with Gasteiger partial charge in [-0.2, -0.15) is 0 Å². The second-order valence-corrected chi connectivity index (χ2v) is 9.09. The van der Waals surface area contributed by atoms with E-state index in [1.54, 1.807) is 23.0 Å². The highest BCUT2D eigenvalue weighted by Gasteiger charge is 2.50. The Hall–Kier alpha value is -2.58. The smallest absolute Gasteiger partial charge is 0.258 e. The molecule has 3 N–H and O–H groups in total. The molecule has 0 spiro atoms. The van der Waals surface area contributed by atoms with E-state index in [0.29, 0.717) is 30.1 Å². The average molecular weight is 424 g/mol. The van der Waals surface area contributed by atoms with E-state index in [2.05, 4.69) is 20.6 Å². The van der Waals surface area contributed by atoms with Crippen LogP contribution in [0.5, 0.6) is 0 Å². The largest absolute Gasteiger partial charge is 0.396 e. The molecule has 31 heavy (non-hydrogen) atoms. The van der Waals surface area contributed by atoms with Crippen LogP contribution in [0.2, 0.25) is 0 Å². The van der Waals surface area contributed by atoms with Crippen LogP contribution in [0.15, 0.2) is 35.6 Å². The van der Waals surface area contributed by atoms with Gasteiger partial charge in [0.25, 0.3) is 5.56 Å². The molecule has 1 saturated heterocycles. The maximum Gasteiger partial charge on any atom is 0.258 e. The molecule has 2 bridgehead atoms. The molecule has 8 heteroatoms. The normalized spacial score (nSPS) is 27.6. The summed E-state index contributed by atoms with van der Waals surface area (Å²) in [6.07, 6.45) is 10.8. The van der Waals surface area contributed by atoms with Gasteiger partial charge in [-0.25, -0.2) is 9.97 Å². The SMILES string of the molecule is O=C(NCC1CCCCC1)[C@H]1[C@H](CO)[C@H]2Cn3c(ccc(-c4cncnc4)c3=O)[C@@H]1N2. The summed E-state index contributed by atoms with van der Waals surface area (Å²) in [6, 6.07) is 3.31. The van der Waals surface area contributed by atoms with Crippen LogP contribution >= 0.6 is 0 Å². The number of rotatable bonds is 5. The van der Waals surface area contributed by atoms with Crippen molar-refractivity contribution in [3.8, 4) is 11.1 Å². The fourth-order valence-electron chi connectivity index (χ4n) is 5.66. The van der Waals surface area contributed by atoms with Crippen molar-refractivity contribution < 1.29 is 9.90 Å². The molecule has 3 aliphatic rings. The molecule has 164 valence electrons. The fraction of sp³-hybridized carbons (Fsp3) is 0.565. The maximum absolute atomic E-state index is 13.3. The number of nitrogens with one attached hydrogen (secondary N) is 2. The van der Waals surface area contributed by atoms with Gasteiger partial charge >= 0.3 is 0 Å². The third kappa shape index (κ3) is 3.68. The van der Waals surface area contributed by atoms with E-state index in [1.165, 1.54) is 38.4 Å². The number of carbonyl (C=O) groups is 1. The molecule has 1 amide bonds. The zero-order valence-corrected chi connectivity index (χ0v) is 17.5. The Labute approximate surface area is 181 Å². The summed E-state index contributed by atoms with van der Waals surface area (Å²) in [7, 11) is 0. The number of hydrogen-bond donors (Lipinski definition) is 3. The highest BCUT2D eigenvalue weighted by atomic mass is 16.3. The van der Waals surface area contributed by atoms with Crippen molar-refractivity contribution in [3.63, 3.8) is 0 Å². The van der Waals surface area contributed by atoms with Crippen molar-refractivity contribution in [1.29, 1.82) is 0 Å². The van der Waals surface area contributed by atoms with Crippen LogP contribution in [-0.4, -0.2) is 44.7 Å². The van der Waals surface area contributed by atoms with Crippen LogP contribution < -0.4 is 16.2 Å². The minimum absolute atomic E-state index is 0.0222. The minimum Gasteiger partial charge on any atom is -0.396 e. The Balaban J connectivity index is 1.42. The maximum atomic E-state index is 13.3. The average Bonchev–Trinajstić information content (AvgIpc) is 3.12. The molecule has 1 aliphatic carbocycles. The van der Waals surface area contributed by atoms with E-state index in [4.69, 9.17) is 0 Å². The summed E-state index contributed by atoms with van der Waals surface area (Å²) in [5.41, 5.74) is 1.91. The highest BCUT2D eigenvalue weighted by Crippen LogP contribution is 2.41. The van der Waals surface area contributed by atoms with Crippen LogP contribution in [0.4, 0.5) is 0 Å². The fourth-order valence-corrected chi connectivity index (χ4v) is 5.66. The Morgan fingerprint density at radius 1 is 1.19 bits per heavy atom. The number of carbonyl (C=O) groups excluding carboxylic acids is 1. The van der Waals surface area contributed by atoms with E-state index in [9.17, 15) is 14.7 Å². The number of fused-ring (bicyclic) bond motifs is 4. The molecule has 2 fully saturated rings. The topological polar surface area (TPSA) is 109 Å². The van der Waals surface area contributed by atoms with Gasteiger partial charge in [-0.1, -0.05) is 19.3 Å². The van der Waals surface area contributed by atoms with Crippen molar-refractivity contribution in [1.82, 2.24) is 25.2 Å². The number of aliphatic hydroxyl groups excluding tert-OH is 1. The third-order valence-electron chi connectivity index (χ3n) is 7.31. The number of aromatic nitrogens is 3. The van der Waals surface area contributed by atoms with Gasteiger partial charge in [0.2, 0.25) is 5.91 Å². The van der Waals surface area contributed by atoms with Gasteiger partial charge in [0, 0.05) is 55.3 Å². The molecule has 8 nitrogen and oxygen atoms in total. The van der Waals surface area contributed by atoms with Gasteiger partial charge in [-0.15, -0.1) is 0 Å². The monoisotopic (exact) mass is 423 g/mol. The minimum atomic E-state index is -0.391. The lowest BCUT2D eigenvalue weighted by atomic mass is 9.85.